The quantitative estimate of drug-likeness (QED) is 0.760. The molecule has 5 nitrogen and oxygen atoms in total. The van der Waals surface area contributed by atoms with Crippen LogP contribution in [-0.4, -0.2) is 28.9 Å². The van der Waals surface area contributed by atoms with E-state index >= 15 is 0 Å². The van der Waals surface area contributed by atoms with Crippen LogP contribution in [0.4, 0.5) is 0 Å². The molecule has 3 rings (SSSR count). The number of ether oxygens (including phenoxy) is 1. The van der Waals surface area contributed by atoms with Gasteiger partial charge < -0.3 is 14.5 Å². The van der Waals surface area contributed by atoms with Gasteiger partial charge in [-0.25, -0.2) is 4.98 Å². The average molecular weight is 309 g/mol. The van der Waals surface area contributed by atoms with Crippen molar-refractivity contribution in [3.05, 3.63) is 66.1 Å². The van der Waals surface area contributed by atoms with Crippen LogP contribution in [0.5, 0.6) is 5.75 Å². The van der Waals surface area contributed by atoms with Gasteiger partial charge in [-0.15, -0.1) is 0 Å². The molecule has 0 unspecified atom stereocenters. The van der Waals surface area contributed by atoms with Gasteiger partial charge in [0.15, 0.2) is 0 Å². The van der Waals surface area contributed by atoms with Gasteiger partial charge in [0.2, 0.25) is 5.91 Å². The van der Waals surface area contributed by atoms with Crippen molar-refractivity contribution in [3.8, 4) is 5.75 Å². The molecule has 118 valence electrons. The molecule has 0 fully saturated rings. The largest absolute Gasteiger partial charge is 0.496 e. The standard InChI is InChI=1S/C18H19N3O2/c1-23-16-7-3-2-6-14(16)12-18(22)19-10-9-15-13-21-11-5-4-8-17(21)20-15/h2-8,11,13H,9-10,12H2,1H3,(H,19,22). The van der Waals surface area contributed by atoms with Crippen molar-refractivity contribution in [2.45, 2.75) is 12.8 Å². The van der Waals surface area contributed by atoms with E-state index in [0.717, 1.165) is 22.7 Å². The van der Waals surface area contributed by atoms with Gasteiger partial charge in [-0.2, -0.15) is 0 Å². The smallest absolute Gasteiger partial charge is 0.224 e. The van der Waals surface area contributed by atoms with E-state index in [4.69, 9.17) is 4.74 Å². The van der Waals surface area contributed by atoms with E-state index in [-0.39, 0.29) is 5.91 Å². The third kappa shape index (κ3) is 3.69. The summed E-state index contributed by atoms with van der Waals surface area (Å²) in [5.74, 6) is 0.723. The number of para-hydroxylation sites is 1. The lowest BCUT2D eigenvalue weighted by Gasteiger charge is -2.08. The van der Waals surface area contributed by atoms with Crippen molar-refractivity contribution in [3.63, 3.8) is 0 Å². The molecule has 0 atom stereocenters. The summed E-state index contributed by atoms with van der Waals surface area (Å²) in [5.41, 5.74) is 2.77. The van der Waals surface area contributed by atoms with Crippen LogP contribution in [0.3, 0.4) is 0 Å². The lowest BCUT2D eigenvalue weighted by Crippen LogP contribution is -2.27. The maximum atomic E-state index is 12.1. The number of amides is 1. The first-order valence-electron chi connectivity index (χ1n) is 7.57. The zero-order valence-electron chi connectivity index (χ0n) is 13.0. The number of fused-ring (bicyclic) bond motifs is 1. The van der Waals surface area contributed by atoms with Gasteiger partial charge in [0, 0.05) is 30.9 Å². The van der Waals surface area contributed by atoms with Crippen molar-refractivity contribution in [2.24, 2.45) is 0 Å². The average Bonchev–Trinajstić information content (AvgIpc) is 2.98. The second kappa shape index (κ2) is 6.96. The third-order valence-corrected chi connectivity index (χ3v) is 3.66. The SMILES string of the molecule is COc1ccccc1CC(=O)NCCc1cn2ccccc2n1. The molecular weight excluding hydrogens is 290 g/mol. The fraction of sp³-hybridized carbons (Fsp3) is 0.222. The molecule has 2 heterocycles. The highest BCUT2D eigenvalue weighted by Gasteiger charge is 2.08. The number of benzene rings is 1. The van der Waals surface area contributed by atoms with Crippen LogP contribution < -0.4 is 10.1 Å². The monoisotopic (exact) mass is 309 g/mol. The summed E-state index contributed by atoms with van der Waals surface area (Å²) >= 11 is 0. The van der Waals surface area contributed by atoms with E-state index in [1.807, 2.05) is 59.3 Å². The maximum absolute atomic E-state index is 12.1. The van der Waals surface area contributed by atoms with E-state index in [1.165, 1.54) is 0 Å². The molecule has 1 aromatic carbocycles. The topological polar surface area (TPSA) is 55.6 Å². The number of carbonyl (C=O) groups is 1. The van der Waals surface area contributed by atoms with E-state index in [2.05, 4.69) is 10.3 Å². The number of aromatic nitrogens is 2. The Balaban J connectivity index is 1.53. The van der Waals surface area contributed by atoms with Crippen LogP contribution in [0.25, 0.3) is 5.65 Å². The minimum atomic E-state index is -0.0155. The normalized spacial score (nSPS) is 10.7. The molecule has 0 aliphatic rings. The molecule has 0 radical (unpaired) electrons. The van der Waals surface area contributed by atoms with Crippen LogP contribution in [0, 0.1) is 0 Å². The van der Waals surface area contributed by atoms with Gasteiger partial charge in [0.05, 0.1) is 19.2 Å². The number of methoxy groups -OCH3 is 1. The van der Waals surface area contributed by atoms with Gasteiger partial charge in [-0.3, -0.25) is 4.79 Å². The Bertz CT molecular complexity index is 778. The predicted octanol–water partition coefficient (Wildman–Crippen LogP) is 2.24. The molecule has 0 saturated heterocycles. The summed E-state index contributed by atoms with van der Waals surface area (Å²) in [6, 6.07) is 13.4. The Labute approximate surface area is 134 Å². The lowest BCUT2D eigenvalue weighted by atomic mass is 10.1. The van der Waals surface area contributed by atoms with Gasteiger partial charge in [0.1, 0.15) is 11.4 Å². The predicted molar refractivity (Wildman–Crippen MR) is 88.6 cm³/mol. The molecule has 0 bridgehead atoms. The first-order chi connectivity index (χ1) is 11.3. The number of hydrogen-bond acceptors (Lipinski definition) is 3. The first kappa shape index (κ1) is 15.1. The molecule has 0 saturated carbocycles. The molecule has 0 aliphatic carbocycles. The summed E-state index contributed by atoms with van der Waals surface area (Å²) in [7, 11) is 1.61. The Morgan fingerprint density at radius 1 is 1.22 bits per heavy atom. The second-order valence-corrected chi connectivity index (χ2v) is 5.29. The Morgan fingerprint density at radius 3 is 2.87 bits per heavy atom. The summed E-state index contributed by atoms with van der Waals surface area (Å²) in [6.07, 6.45) is 4.97. The van der Waals surface area contributed by atoms with Crippen molar-refractivity contribution < 1.29 is 9.53 Å². The van der Waals surface area contributed by atoms with Crippen molar-refractivity contribution in [1.29, 1.82) is 0 Å². The highest BCUT2D eigenvalue weighted by Crippen LogP contribution is 2.17. The fourth-order valence-electron chi connectivity index (χ4n) is 2.52. The third-order valence-electron chi connectivity index (χ3n) is 3.66. The molecular formula is C18H19N3O2. The Morgan fingerprint density at radius 2 is 2.04 bits per heavy atom. The summed E-state index contributed by atoms with van der Waals surface area (Å²) in [5, 5.41) is 2.93. The van der Waals surface area contributed by atoms with E-state index in [0.29, 0.717) is 19.4 Å². The van der Waals surface area contributed by atoms with Crippen molar-refractivity contribution in [1.82, 2.24) is 14.7 Å². The van der Waals surface area contributed by atoms with Gasteiger partial charge in [-0.05, 0) is 18.2 Å². The fourth-order valence-corrected chi connectivity index (χ4v) is 2.52. The van der Waals surface area contributed by atoms with Crippen LogP contribution in [0.2, 0.25) is 0 Å². The molecule has 23 heavy (non-hydrogen) atoms. The number of pyridine rings is 1. The Hall–Kier alpha value is -2.82. The number of hydrogen-bond donors (Lipinski definition) is 1. The van der Waals surface area contributed by atoms with Gasteiger partial charge in [0.25, 0.3) is 0 Å². The highest BCUT2D eigenvalue weighted by molar-refractivity contribution is 5.79. The number of imidazole rings is 1. The lowest BCUT2D eigenvalue weighted by molar-refractivity contribution is -0.120. The summed E-state index contributed by atoms with van der Waals surface area (Å²) in [6.45, 7) is 0.567. The van der Waals surface area contributed by atoms with Crippen molar-refractivity contribution >= 4 is 11.6 Å². The van der Waals surface area contributed by atoms with Gasteiger partial charge >= 0.3 is 0 Å². The summed E-state index contributed by atoms with van der Waals surface area (Å²) in [4.78, 5) is 16.6. The zero-order valence-corrected chi connectivity index (χ0v) is 13.0. The summed E-state index contributed by atoms with van der Waals surface area (Å²) < 4.78 is 7.24. The minimum absolute atomic E-state index is 0.0155. The molecule has 2 aromatic heterocycles. The number of nitrogens with one attached hydrogen (secondary N) is 1. The number of rotatable bonds is 6. The molecule has 1 N–H and O–H groups in total. The Kier molecular flexibility index (Phi) is 4.57. The molecule has 0 spiro atoms. The van der Waals surface area contributed by atoms with Crippen molar-refractivity contribution in [2.75, 3.05) is 13.7 Å². The van der Waals surface area contributed by atoms with Crippen LogP contribution in [-0.2, 0) is 17.6 Å². The van der Waals surface area contributed by atoms with Gasteiger partial charge in [-0.1, -0.05) is 24.3 Å². The first-order valence-corrected chi connectivity index (χ1v) is 7.57. The second-order valence-electron chi connectivity index (χ2n) is 5.29. The number of carbonyl (C=O) groups excluding carboxylic acids is 1. The van der Waals surface area contributed by atoms with Crippen LogP contribution in [0.1, 0.15) is 11.3 Å². The van der Waals surface area contributed by atoms with E-state index in [9.17, 15) is 4.79 Å². The van der Waals surface area contributed by atoms with E-state index in [1.54, 1.807) is 7.11 Å². The number of nitrogens with zero attached hydrogens (tertiary/aromatic N) is 2. The highest BCUT2D eigenvalue weighted by atomic mass is 16.5. The minimum Gasteiger partial charge on any atom is -0.496 e. The maximum Gasteiger partial charge on any atom is 0.224 e. The van der Waals surface area contributed by atoms with Crippen LogP contribution >= 0.6 is 0 Å². The molecule has 1 amide bonds. The van der Waals surface area contributed by atoms with Crippen LogP contribution in [0.15, 0.2) is 54.9 Å². The molecule has 5 heteroatoms. The molecule has 3 aromatic rings. The molecule has 0 aliphatic heterocycles. The zero-order chi connectivity index (χ0) is 16.1. The van der Waals surface area contributed by atoms with E-state index < -0.39 is 0 Å².